The highest BCUT2D eigenvalue weighted by molar-refractivity contribution is 5.76. The minimum Gasteiger partial charge on any atom is -0.481 e. The molecule has 0 saturated carbocycles. The Morgan fingerprint density at radius 1 is 1.58 bits per heavy atom. The lowest BCUT2D eigenvalue weighted by Crippen LogP contribution is -2.48. The van der Waals surface area contributed by atoms with E-state index in [-0.39, 0.29) is 0 Å². The van der Waals surface area contributed by atoms with Gasteiger partial charge in [0.25, 0.3) is 0 Å². The molecule has 1 atom stereocenters. The molecule has 104 valence electrons. The number of nitrogens with zero attached hydrogens (tertiary/aromatic N) is 2. The predicted octanol–water partition coefficient (Wildman–Crippen LogP) is 2.86. The summed E-state index contributed by atoms with van der Waals surface area (Å²) in [5.74, 6) is -0.647. The Morgan fingerprint density at radius 3 is 3.00 bits per heavy atom. The molecule has 1 aliphatic rings. The number of carboxylic acid groups (broad SMARTS) is 1. The van der Waals surface area contributed by atoms with E-state index in [0.717, 1.165) is 43.5 Å². The van der Waals surface area contributed by atoms with Crippen LogP contribution in [0.1, 0.15) is 38.2 Å². The molecule has 1 fully saturated rings. The van der Waals surface area contributed by atoms with Crippen molar-refractivity contribution < 1.29 is 9.90 Å². The summed E-state index contributed by atoms with van der Waals surface area (Å²) in [6.45, 7) is 5.63. The van der Waals surface area contributed by atoms with E-state index >= 15 is 0 Å². The first-order valence-electron chi connectivity index (χ1n) is 6.98. The van der Waals surface area contributed by atoms with E-state index in [1.807, 2.05) is 19.2 Å². The van der Waals surface area contributed by atoms with Crippen molar-refractivity contribution in [1.29, 1.82) is 0 Å². The van der Waals surface area contributed by atoms with Crippen LogP contribution in [0.25, 0.3) is 0 Å². The van der Waals surface area contributed by atoms with Crippen molar-refractivity contribution in [2.24, 2.45) is 5.41 Å². The summed E-state index contributed by atoms with van der Waals surface area (Å²) in [6.07, 6.45) is 7.01. The minimum atomic E-state index is -0.647. The van der Waals surface area contributed by atoms with Gasteiger partial charge in [-0.15, -0.1) is 0 Å². The lowest BCUT2D eigenvalue weighted by Gasteiger charge is -2.41. The highest BCUT2D eigenvalue weighted by atomic mass is 16.4. The quantitative estimate of drug-likeness (QED) is 0.906. The monoisotopic (exact) mass is 262 g/mol. The van der Waals surface area contributed by atoms with Crippen molar-refractivity contribution in [3.8, 4) is 0 Å². The molecular weight excluding hydrogens is 240 g/mol. The fraction of sp³-hybridized carbons (Fsp3) is 0.600. The Hall–Kier alpha value is -1.58. The molecule has 1 unspecified atom stereocenters. The average Bonchev–Trinajstić information content (AvgIpc) is 2.39. The second kappa shape index (κ2) is 5.59. The molecule has 0 aromatic carbocycles. The Bertz CT molecular complexity index is 457. The SMILES string of the molecule is CCCC1(C(=O)O)CCCN(c2ccncc2C)C1. The highest BCUT2D eigenvalue weighted by Gasteiger charge is 2.41. The van der Waals surface area contributed by atoms with Gasteiger partial charge in [0.2, 0.25) is 0 Å². The summed E-state index contributed by atoms with van der Waals surface area (Å²) in [6, 6.07) is 1.99. The number of carbonyl (C=O) groups is 1. The molecule has 1 aliphatic heterocycles. The third-order valence-electron chi connectivity index (χ3n) is 4.09. The van der Waals surface area contributed by atoms with Crippen molar-refractivity contribution in [3.05, 3.63) is 24.0 Å². The number of carboxylic acids is 1. The van der Waals surface area contributed by atoms with Gasteiger partial charge in [-0.2, -0.15) is 0 Å². The molecule has 1 aromatic rings. The van der Waals surface area contributed by atoms with Gasteiger partial charge in [-0.05, 0) is 37.8 Å². The molecule has 1 N–H and O–H groups in total. The predicted molar refractivity (Wildman–Crippen MR) is 75.4 cm³/mol. The van der Waals surface area contributed by atoms with E-state index in [4.69, 9.17) is 0 Å². The number of pyridine rings is 1. The zero-order chi connectivity index (χ0) is 13.9. The molecule has 0 radical (unpaired) electrons. The van der Waals surface area contributed by atoms with Gasteiger partial charge in [0.05, 0.1) is 5.41 Å². The van der Waals surface area contributed by atoms with Gasteiger partial charge >= 0.3 is 5.97 Å². The number of piperidine rings is 1. The molecule has 0 amide bonds. The molecule has 1 saturated heterocycles. The fourth-order valence-electron chi connectivity index (χ4n) is 3.12. The van der Waals surface area contributed by atoms with Crippen LogP contribution in [0.15, 0.2) is 18.5 Å². The molecule has 19 heavy (non-hydrogen) atoms. The smallest absolute Gasteiger partial charge is 0.311 e. The van der Waals surface area contributed by atoms with E-state index < -0.39 is 11.4 Å². The van der Waals surface area contributed by atoms with Crippen molar-refractivity contribution in [1.82, 2.24) is 4.98 Å². The van der Waals surface area contributed by atoms with Crippen molar-refractivity contribution >= 4 is 11.7 Å². The molecule has 1 aromatic heterocycles. The van der Waals surface area contributed by atoms with Gasteiger partial charge in [0.1, 0.15) is 0 Å². The molecule has 4 nitrogen and oxygen atoms in total. The third kappa shape index (κ3) is 2.72. The topological polar surface area (TPSA) is 53.4 Å². The van der Waals surface area contributed by atoms with Crippen molar-refractivity contribution in [3.63, 3.8) is 0 Å². The zero-order valence-corrected chi connectivity index (χ0v) is 11.7. The Kier molecular flexibility index (Phi) is 4.08. The molecular formula is C15H22N2O2. The lowest BCUT2D eigenvalue weighted by atomic mass is 9.76. The van der Waals surface area contributed by atoms with Crippen LogP contribution in [-0.2, 0) is 4.79 Å². The summed E-state index contributed by atoms with van der Waals surface area (Å²) in [4.78, 5) is 18.0. The van der Waals surface area contributed by atoms with Crippen LogP contribution in [0.5, 0.6) is 0 Å². The maximum absolute atomic E-state index is 11.7. The summed E-state index contributed by atoms with van der Waals surface area (Å²) in [5, 5.41) is 9.61. The number of aryl methyl sites for hydroxylation is 1. The average molecular weight is 262 g/mol. The summed E-state index contributed by atoms with van der Waals surface area (Å²) in [7, 11) is 0. The molecule has 0 aliphatic carbocycles. The first-order chi connectivity index (χ1) is 9.09. The number of hydrogen-bond donors (Lipinski definition) is 1. The maximum Gasteiger partial charge on any atom is 0.311 e. The second-order valence-electron chi connectivity index (χ2n) is 5.52. The van der Waals surface area contributed by atoms with Gasteiger partial charge < -0.3 is 10.0 Å². The van der Waals surface area contributed by atoms with E-state index in [1.165, 1.54) is 0 Å². The van der Waals surface area contributed by atoms with Crippen molar-refractivity contribution in [2.75, 3.05) is 18.0 Å². The van der Waals surface area contributed by atoms with Crippen LogP contribution < -0.4 is 4.90 Å². The fourth-order valence-corrected chi connectivity index (χ4v) is 3.12. The minimum absolute atomic E-state index is 0.581. The van der Waals surface area contributed by atoms with Crippen molar-refractivity contribution in [2.45, 2.75) is 39.5 Å². The molecule has 2 rings (SSSR count). The van der Waals surface area contributed by atoms with Crippen LogP contribution in [0.3, 0.4) is 0 Å². The van der Waals surface area contributed by atoms with Gasteiger partial charge in [-0.1, -0.05) is 13.3 Å². The summed E-state index contributed by atoms with van der Waals surface area (Å²) in [5.41, 5.74) is 1.65. The molecule has 2 heterocycles. The molecule has 0 spiro atoms. The van der Waals surface area contributed by atoms with Gasteiger partial charge in [-0.25, -0.2) is 0 Å². The Labute approximate surface area is 114 Å². The Morgan fingerprint density at radius 2 is 2.37 bits per heavy atom. The summed E-state index contributed by atoms with van der Waals surface area (Å²) >= 11 is 0. The van der Waals surface area contributed by atoms with E-state index in [1.54, 1.807) is 6.20 Å². The van der Waals surface area contributed by atoms with E-state index in [2.05, 4.69) is 16.8 Å². The van der Waals surface area contributed by atoms with Gasteiger partial charge in [0.15, 0.2) is 0 Å². The standard InChI is InChI=1S/C15H22N2O2/c1-3-6-15(14(18)19)7-4-9-17(11-15)13-5-8-16-10-12(13)2/h5,8,10H,3-4,6-7,9,11H2,1-2H3,(H,18,19). The summed E-state index contributed by atoms with van der Waals surface area (Å²) < 4.78 is 0. The van der Waals surface area contributed by atoms with Crippen LogP contribution in [0.4, 0.5) is 5.69 Å². The van der Waals surface area contributed by atoms with Gasteiger partial charge in [-0.3, -0.25) is 9.78 Å². The normalized spacial score (nSPS) is 23.4. The number of aliphatic carboxylic acids is 1. The largest absolute Gasteiger partial charge is 0.481 e. The zero-order valence-electron chi connectivity index (χ0n) is 11.7. The van der Waals surface area contributed by atoms with Crippen LogP contribution in [-0.4, -0.2) is 29.1 Å². The maximum atomic E-state index is 11.7. The second-order valence-corrected chi connectivity index (χ2v) is 5.52. The van der Waals surface area contributed by atoms with Crippen LogP contribution in [0, 0.1) is 12.3 Å². The van der Waals surface area contributed by atoms with Gasteiger partial charge in [0, 0.05) is 31.2 Å². The van der Waals surface area contributed by atoms with Crippen LogP contribution in [0.2, 0.25) is 0 Å². The van der Waals surface area contributed by atoms with E-state index in [0.29, 0.717) is 6.54 Å². The first kappa shape index (κ1) is 13.8. The number of aromatic nitrogens is 1. The number of hydrogen-bond acceptors (Lipinski definition) is 3. The van der Waals surface area contributed by atoms with Crippen LogP contribution >= 0.6 is 0 Å². The number of anilines is 1. The lowest BCUT2D eigenvalue weighted by molar-refractivity contribution is -0.150. The molecule has 0 bridgehead atoms. The highest BCUT2D eigenvalue weighted by Crippen LogP contribution is 2.37. The van der Waals surface area contributed by atoms with E-state index in [9.17, 15) is 9.90 Å². The first-order valence-corrected chi connectivity index (χ1v) is 6.98. The third-order valence-corrected chi connectivity index (χ3v) is 4.09. The number of rotatable bonds is 4. The Balaban J connectivity index is 2.25. The molecule has 4 heteroatoms.